The lowest BCUT2D eigenvalue weighted by Gasteiger charge is -2.26. The lowest BCUT2D eigenvalue weighted by molar-refractivity contribution is -0.125. The van der Waals surface area contributed by atoms with E-state index in [1.54, 1.807) is 0 Å². The zero-order valence-electron chi connectivity index (χ0n) is 18.3. The molecule has 1 aromatic heterocycles. The van der Waals surface area contributed by atoms with Crippen molar-refractivity contribution in [2.24, 2.45) is 0 Å². The molecule has 5 rings (SSSR count). The Labute approximate surface area is 210 Å². The molecular formula is C25H27Cl3N4O. The predicted molar refractivity (Wildman–Crippen MR) is 136 cm³/mol. The molecule has 0 bridgehead atoms. The molecule has 3 aromatic rings. The van der Waals surface area contributed by atoms with Crippen molar-refractivity contribution < 1.29 is 4.79 Å². The second kappa shape index (κ2) is 10.5. The molecule has 0 atom stereocenters. The van der Waals surface area contributed by atoms with Gasteiger partial charge in [0.15, 0.2) is 0 Å². The van der Waals surface area contributed by atoms with Crippen molar-refractivity contribution in [1.29, 1.82) is 0 Å². The third-order valence-corrected chi connectivity index (χ3v) is 6.70. The second-order valence-electron chi connectivity index (χ2n) is 8.59. The van der Waals surface area contributed by atoms with Gasteiger partial charge in [-0.05, 0) is 62.1 Å². The molecule has 2 aliphatic rings. The van der Waals surface area contributed by atoms with Gasteiger partial charge in [0.05, 0.1) is 17.1 Å². The smallest absolute Gasteiger partial charge is 0.240 e. The van der Waals surface area contributed by atoms with E-state index in [1.807, 2.05) is 53.5 Å². The highest BCUT2D eigenvalue weighted by atomic mass is 35.5. The van der Waals surface area contributed by atoms with Gasteiger partial charge in [0.2, 0.25) is 5.91 Å². The molecule has 2 aromatic carbocycles. The normalized spacial score (nSPS) is 16.3. The van der Waals surface area contributed by atoms with E-state index >= 15 is 0 Å². The zero-order valence-corrected chi connectivity index (χ0v) is 20.6. The minimum absolute atomic E-state index is 0. The summed E-state index contributed by atoms with van der Waals surface area (Å²) in [7, 11) is 0. The first kappa shape index (κ1) is 24.1. The van der Waals surface area contributed by atoms with E-state index in [4.69, 9.17) is 28.2 Å². The van der Waals surface area contributed by atoms with Gasteiger partial charge in [0, 0.05) is 41.0 Å². The van der Waals surface area contributed by atoms with Crippen LogP contribution in [0.5, 0.6) is 0 Å². The maximum Gasteiger partial charge on any atom is 0.240 e. The van der Waals surface area contributed by atoms with Crippen LogP contribution in [0.3, 0.4) is 0 Å². The topological polar surface area (TPSA) is 50.2 Å². The third kappa shape index (κ3) is 5.38. The largest absolute Gasteiger partial charge is 0.296 e. The first-order valence-electron chi connectivity index (χ1n) is 11.3. The number of imidazole rings is 1. The molecule has 1 aliphatic carbocycles. The van der Waals surface area contributed by atoms with Gasteiger partial charge in [-0.2, -0.15) is 0 Å². The average molecular weight is 506 g/mol. The highest BCUT2D eigenvalue weighted by Gasteiger charge is 2.34. The number of nitrogens with zero attached hydrogens (tertiary/aromatic N) is 3. The summed E-state index contributed by atoms with van der Waals surface area (Å²) >= 11 is 12.7. The van der Waals surface area contributed by atoms with E-state index in [1.165, 1.54) is 6.42 Å². The fraction of sp³-hybridized carbons (Fsp3) is 0.360. The summed E-state index contributed by atoms with van der Waals surface area (Å²) in [5.74, 6) is 1.15. The van der Waals surface area contributed by atoms with Gasteiger partial charge in [-0.25, -0.2) is 9.99 Å². The average Bonchev–Trinajstić information content (AvgIpc) is 3.57. The molecule has 8 heteroatoms. The van der Waals surface area contributed by atoms with Gasteiger partial charge in [-0.1, -0.05) is 41.8 Å². The molecule has 1 saturated heterocycles. The Balaban J connectivity index is 0.00000259. The summed E-state index contributed by atoms with van der Waals surface area (Å²) < 4.78 is 2.17. The van der Waals surface area contributed by atoms with Crippen LogP contribution in [0.1, 0.15) is 49.4 Å². The highest BCUT2D eigenvalue weighted by Crippen LogP contribution is 2.45. The molecule has 0 unspecified atom stereocenters. The summed E-state index contributed by atoms with van der Waals surface area (Å²) in [5, 5.41) is 3.36. The number of halogens is 3. The van der Waals surface area contributed by atoms with E-state index in [0.29, 0.717) is 16.0 Å². The first-order valence-corrected chi connectivity index (χ1v) is 12.0. The van der Waals surface area contributed by atoms with Gasteiger partial charge in [-0.15, -0.1) is 12.4 Å². The highest BCUT2D eigenvalue weighted by molar-refractivity contribution is 6.33. The molecule has 33 heavy (non-hydrogen) atoms. The number of benzene rings is 2. The van der Waals surface area contributed by atoms with Crippen molar-refractivity contribution in [3.8, 4) is 17.1 Å². The van der Waals surface area contributed by atoms with Crippen molar-refractivity contribution in [3.63, 3.8) is 0 Å². The van der Waals surface area contributed by atoms with E-state index in [-0.39, 0.29) is 24.7 Å². The van der Waals surface area contributed by atoms with Crippen LogP contribution in [0.15, 0.2) is 48.5 Å². The maximum absolute atomic E-state index is 12.9. The molecule has 5 nitrogen and oxygen atoms in total. The maximum atomic E-state index is 12.9. The number of hydrazine groups is 1. The van der Waals surface area contributed by atoms with Crippen LogP contribution in [-0.2, 0) is 11.2 Å². The molecular weight excluding hydrogens is 479 g/mol. The minimum Gasteiger partial charge on any atom is -0.296 e. The standard InChI is InChI=1S/C25H26Cl2N4O.ClH/c26-18-10-12-19(13-11-18)31-24(17-8-9-17)22(16-23(32)29-30-14-4-1-5-15-30)28-25(31)20-6-2-3-7-21(20)27;/h2-3,6-7,10-13,17H,1,4-5,8-9,14-16H2,(H,29,32);1H. The predicted octanol–water partition coefficient (Wildman–Crippen LogP) is 6.20. The van der Waals surface area contributed by atoms with Gasteiger partial charge in [0.25, 0.3) is 0 Å². The molecule has 1 aliphatic heterocycles. The first-order chi connectivity index (χ1) is 15.6. The Bertz CT molecular complexity index is 1120. The van der Waals surface area contributed by atoms with Crippen LogP contribution in [0.4, 0.5) is 0 Å². The van der Waals surface area contributed by atoms with Gasteiger partial charge < -0.3 is 0 Å². The fourth-order valence-corrected chi connectivity index (χ4v) is 4.78. The number of rotatable bonds is 6. The van der Waals surface area contributed by atoms with Crippen molar-refractivity contribution in [1.82, 2.24) is 20.0 Å². The number of aromatic nitrogens is 2. The van der Waals surface area contributed by atoms with Gasteiger partial charge in [-0.3, -0.25) is 14.8 Å². The fourth-order valence-electron chi connectivity index (χ4n) is 4.43. The van der Waals surface area contributed by atoms with Crippen molar-refractivity contribution in [2.45, 2.75) is 44.4 Å². The van der Waals surface area contributed by atoms with E-state index in [9.17, 15) is 4.79 Å². The lowest BCUT2D eigenvalue weighted by atomic mass is 10.1. The Morgan fingerprint density at radius 2 is 1.70 bits per heavy atom. The monoisotopic (exact) mass is 504 g/mol. The SMILES string of the molecule is Cl.O=C(Cc1nc(-c2ccccc2Cl)n(-c2ccc(Cl)cc2)c1C1CC1)NN1CCCCC1. The van der Waals surface area contributed by atoms with Crippen LogP contribution in [-0.4, -0.2) is 33.6 Å². The summed E-state index contributed by atoms with van der Waals surface area (Å²) in [6, 6.07) is 15.5. The Hall–Kier alpha value is -2.05. The van der Waals surface area contributed by atoms with Crippen LogP contribution in [0.25, 0.3) is 17.1 Å². The summed E-state index contributed by atoms with van der Waals surface area (Å²) in [4.78, 5) is 17.9. The Morgan fingerprint density at radius 3 is 2.36 bits per heavy atom. The van der Waals surface area contributed by atoms with Crippen molar-refractivity contribution >= 4 is 41.5 Å². The Morgan fingerprint density at radius 1 is 1.00 bits per heavy atom. The number of amides is 1. The molecule has 1 amide bonds. The second-order valence-corrected chi connectivity index (χ2v) is 9.44. The zero-order chi connectivity index (χ0) is 22.1. The minimum atomic E-state index is -0.0136. The molecule has 2 fully saturated rings. The van der Waals surface area contributed by atoms with Crippen LogP contribution >= 0.6 is 35.6 Å². The van der Waals surface area contributed by atoms with E-state index in [0.717, 1.165) is 67.2 Å². The van der Waals surface area contributed by atoms with Crippen LogP contribution in [0.2, 0.25) is 10.0 Å². The van der Waals surface area contributed by atoms with E-state index in [2.05, 4.69) is 9.99 Å². The van der Waals surface area contributed by atoms with E-state index < -0.39 is 0 Å². The van der Waals surface area contributed by atoms with Crippen LogP contribution in [0, 0.1) is 0 Å². The third-order valence-electron chi connectivity index (χ3n) is 6.12. The van der Waals surface area contributed by atoms with Crippen molar-refractivity contribution in [2.75, 3.05) is 13.1 Å². The summed E-state index contributed by atoms with van der Waals surface area (Å²) in [6.07, 6.45) is 5.92. The van der Waals surface area contributed by atoms with Gasteiger partial charge in [0.1, 0.15) is 5.82 Å². The molecule has 1 saturated carbocycles. The number of piperidine rings is 1. The summed E-state index contributed by atoms with van der Waals surface area (Å²) in [5.41, 5.74) is 6.84. The molecule has 174 valence electrons. The summed E-state index contributed by atoms with van der Waals surface area (Å²) in [6.45, 7) is 1.82. The van der Waals surface area contributed by atoms with Gasteiger partial charge >= 0.3 is 0 Å². The lowest BCUT2D eigenvalue weighted by Crippen LogP contribution is -2.45. The van der Waals surface area contributed by atoms with Crippen LogP contribution < -0.4 is 5.43 Å². The number of hydrogen-bond acceptors (Lipinski definition) is 3. The molecule has 0 radical (unpaired) electrons. The Kier molecular flexibility index (Phi) is 7.65. The number of hydrogen-bond donors (Lipinski definition) is 1. The number of nitrogens with one attached hydrogen (secondary N) is 1. The quantitative estimate of drug-likeness (QED) is 0.433. The van der Waals surface area contributed by atoms with Crippen molar-refractivity contribution in [3.05, 3.63) is 70.0 Å². The number of carbonyl (C=O) groups is 1. The molecule has 2 heterocycles. The molecule has 1 N–H and O–H groups in total. The number of carbonyl (C=O) groups excluding carboxylic acids is 1. The molecule has 0 spiro atoms.